The highest BCUT2D eigenvalue weighted by Crippen LogP contribution is 2.44. The van der Waals surface area contributed by atoms with E-state index in [0.717, 1.165) is 17.1 Å². The molecular formula is C52H35N. The van der Waals surface area contributed by atoms with E-state index in [1.165, 1.54) is 76.5 Å². The van der Waals surface area contributed by atoms with Crippen LogP contribution >= 0.6 is 0 Å². The Balaban J connectivity index is 1.11. The Morgan fingerprint density at radius 2 is 0.679 bits per heavy atom. The zero-order valence-corrected chi connectivity index (χ0v) is 29.2. The predicted octanol–water partition coefficient (Wildman–Crippen LogP) is 14.8. The lowest BCUT2D eigenvalue weighted by molar-refractivity contribution is 1.30. The number of anilines is 3. The predicted molar refractivity (Wildman–Crippen MR) is 227 cm³/mol. The normalized spacial score (nSPS) is 11.4. The van der Waals surface area contributed by atoms with Crippen LogP contribution in [0.25, 0.3) is 76.5 Å². The third kappa shape index (κ3) is 5.60. The number of hydrogen-bond donors (Lipinski definition) is 0. The van der Waals surface area contributed by atoms with Crippen LogP contribution in [0.2, 0.25) is 0 Å². The van der Waals surface area contributed by atoms with Gasteiger partial charge in [-0.25, -0.2) is 0 Å². The minimum Gasteiger partial charge on any atom is -0.310 e. The lowest BCUT2D eigenvalue weighted by Crippen LogP contribution is -2.10. The van der Waals surface area contributed by atoms with E-state index >= 15 is 0 Å². The van der Waals surface area contributed by atoms with E-state index in [-0.39, 0.29) is 0 Å². The highest BCUT2D eigenvalue weighted by Gasteiger charge is 2.18. The second-order valence-electron chi connectivity index (χ2n) is 13.8. The Morgan fingerprint density at radius 1 is 0.245 bits per heavy atom. The molecule has 0 amide bonds. The lowest BCUT2D eigenvalue weighted by atomic mass is 9.93. The Hall–Kier alpha value is -6.96. The van der Waals surface area contributed by atoms with Crippen LogP contribution in [0, 0.1) is 0 Å². The maximum atomic E-state index is 2.41. The van der Waals surface area contributed by atoms with Crippen LogP contribution in [0.5, 0.6) is 0 Å². The summed E-state index contributed by atoms with van der Waals surface area (Å²) in [7, 11) is 0. The summed E-state index contributed by atoms with van der Waals surface area (Å²) < 4.78 is 0. The first-order chi connectivity index (χ1) is 26.3. The van der Waals surface area contributed by atoms with E-state index in [9.17, 15) is 0 Å². The van der Waals surface area contributed by atoms with Crippen molar-refractivity contribution in [1.29, 1.82) is 0 Å². The first-order valence-corrected chi connectivity index (χ1v) is 18.3. The molecule has 0 aliphatic carbocycles. The van der Waals surface area contributed by atoms with Crippen LogP contribution in [0.3, 0.4) is 0 Å². The SMILES string of the molecule is c1ccc2cc(-c3ccc(N(c4ccc(-c5ccc6ccccc6c5)cc4)c4ccc(-c5cccc6ccccc56)c5ccccc45)cc3)ccc2c1. The smallest absolute Gasteiger partial charge is 0.0540 e. The number of benzene rings is 10. The molecule has 0 unspecified atom stereocenters. The topological polar surface area (TPSA) is 3.24 Å². The molecular weight excluding hydrogens is 639 g/mol. The van der Waals surface area contributed by atoms with Crippen LogP contribution < -0.4 is 4.90 Å². The maximum Gasteiger partial charge on any atom is 0.0540 e. The van der Waals surface area contributed by atoms with Gasteiger partial charge in [-0.05, 0) is 114 Å². The summed E-state index contributed by atoms with van der Waals surface area (Å²) >= 11 is 0. The first-order valence-electron chi connectivity index (χ1n) is 18.3. The minimum atomic E-state index is 1.11. The fourth-order valence-corrected chi connectivity index (χ4v) is 7.94. The van der Waals surface area contributed by atoms with Crippen LogP contribution in [-0.4, -0.2) is 0 Å². The Morgan fingerprint density at radius 3 is 1.26 bits per heavy atom. The van der Waals surface area contributed by atoms with E-state index in [4.69, 9.17) is 0 Å². The van der Waals surface area contributed by atoms with E-state index in [1.807, 2.05) is 0 Å². The van der Waals surface area contributed by atoms with Crippen LogP contribution in [0.15, 0.2) is 212 Å². The Labute approximate surface area is 309 Å². The van der Waals surface area contributed by atoms with Crippen molar-refractivity contribution in [3.8, 4) is 33.4 Å². The van der Waals surface area contributed by atoms with Crippen molar-refractivity contribution in [2.24, 2.45) is 0 Å². The largest absolute Gasteiger partial charge is 0.310 e. The Kier molecular flexibility index (Phi) is 7.55. The quantitative estimate of drug-likeness (QED) is 0.170. The number of nitrogens with zero attached hydrogens (tertiary/aromatic N) is 1. The van der Waals surface area contributed by atoms with E-state index in [2.05, 4.69) is 217 Å². The van der Waals surface area contributed by atoms with Gasteiger partial charge in [0.15, 0.2) is 0 Å². The molecule has 0 aromatic heterocycles. The average molecular weight is 674 g/mol. The van der Waals surface area contributed by atoms with Gasteiger partial charge in [-0.15, -0.1) is 0 Å². The van der Waals surface area contributed by atoms with Gasteiger partial charge in [0, 0.05) is 16.8 Å². The third-order valence-electron chi connectivity index (χ3n) is 10.6. The highest BCUT2D eigenvalue weighted by molar-refractivity contribution is 6.10. The fourth-order valence-electron chi connectivity index (χ4n) is 7.94. The molecule has 0 heterocycles. The lowest BCUT2D eigenvalue weighted by Gasteiger charge is -2.28. The molecule has 0 aliphatic rings. The van der Waals surface area contributed by atoms with Crippen molar-refractivity contribution in [3.05, 3.63) is 212 Å². The second kappa shape index (κ2) is 13.0. The molecule has 0 aliphatic heterocycles. The molecule has 0 N–H and O–H groups in total. The van der Waals surface area contributed by atoms with Crippen LogP contribution in [-0.2, 0) is 0 Å². The van der Waals surface area contributed by atoms with Crippen LogP contribution in [0.1, 0.15) is 0 Å². The van der Waals surface area contributed by atoms with Gasteiger partial charge in [0.05, 0.1) is 5.69 Å². The molecule has 10 rings (SSSR count). The molecule has 248 valence electrons. The first kappa shape index (κ1) is 30.8. The summed E-state index contributed by atoms with van der Waals surface area (Å²) in [6, 6.07) is 77.3. The second-order valence-corrected chi connectivity index (χ2v) is 13.8. The molecule has 0 saturated carbocycles. The third-order valence-corrected chi connectivity index (χ3v) is 10.6. The number of hydrogen-bond acceptors (Lipinski definition) is 1. The molecule has 0 atom stereocenters. The summed E-state index contributed by atoms with van der Waals surface area (Å²) in [6.45, 7) is 0. The summed E-state index contributed by atoms with van der Waals surface area (Å²) in [4.78, 5) is 2.41. The van der Waals surface area contributed by atoms with Gasteiger partial charge in [-0.2, -0.15) is 0 Å². The molecule has 10 aromatic carbocycles. The average Bonchev–Trinajstić information content (AvgIpc) is 3.24. The van der Waals surface area contributed by atoms with E-state index < -0.39 is 0 Å². The van der Waals surface area contributed by atoms with Crippen molar-refractivity contribution >= 4 is 60.2 Å². The van der Waals surface area contributed by atoms with Gasteiger partial charge < -0.3 is 4.90 Å². The summed E-state index contributed by atoms with van der Waals surface area (Å²) in [5.74, 6) is 0. The molecule has 1 nitrogen and oxygen atoms in total. The van der Waals surface area contributed by atoms with Gasteiger partial charge in [0.25, 0.3) is 0 Å². The number of fused-ring (bicyclic) bond motifs is 4. The van der Waals surface area contributed by atoms with Crippen molar-refractivity contribution in [1.82, 2.24) is 0 Å². The van der Waals surface area contributed by atoms with Crippen LogP contribution in [0.4, 0.5) is 17.1 Å². The fraction of sp³-hybridized carbons (Fsp3) is 0. The zero-order chi connectivity index (χ0) is 35.1. The molecule has 0 bridgehead atoms. The van der Waals surface area contributed by atoms with Gasteiger partial charge in [-0.1, -0.05) is 170 Å². The molecule has 0 radical (unpaired) electrons. The van der Waals surface area contributed by atoms with Crippen molar-refractivity contribution < 1.29 is 0 Å². The van der Waals surface area contributed by atoms with Gasteiger partial charge >= 0.3 is 0 Å². The summed E-state index contributed by atoms with van der Waals surface area (Å²) in [5.41, 5.74) is 10.7. The van der Waals surface area contributed by atoms with Gasteiger partial charge in [0.1, 0.15) is 0 Å². The van der Waals surface area contributed by atoms with E-state index in [0.29, 0.717) is 0 Å². The molecule has 0 fully saturated rings. The summed E-state index contributed by atoms with van der Waals surface area (Å²) in [6.07, 6.45) is 0. The molecule has 0 spiro atoms. The maximum absolute atomic E-state index is 2.41. The Bertz CT molecular complexity index is 2810. The molecule has 1 heteroatoms. The van der Waals surface area contributed by atoms with Gasteiger partial charge in [0.2, 0.25) is 0 Å². The minimum absolute atomic E-state index is 1.11. The summed E-state index contributed by atoms with van der Waals surface area (Å²) in [5, 5.41) is 9.95. The van der Waals surface area contributed by atoms with E-state index in [1.54, 1.807) is 0 Å². The molecule has 53 heavy (non-hydrogen) atoms. The number of rotatable bonds is 6. The highest BCUT2D eigenvalue weighted by atomic mass is 15.1. The monoisotopic (exact) mass is 673 g/mol. The van der Waals surface area contributed by atoms with Gasteiger partial charge in [-0.3, -0.25) is 0 Å². The molecule has 10 aromatic rings. The van der Waals surface area contributed by atoms with Crippen molar-refractivity contribution in [2.45, 2.75) is 0 Å². The zero-order valence-electron chi connectivity index (χ0n) is 29.2. The van der Waals surface area contributed by atoms with Crippen molar-refractivity contribution in [3.63, 3.8) is 0 Å². The molecule has 0 saturated heterocycles. The standard InChI is InChI=1S/C52H35N/c1-3-13-41-34-43(22-20-36(41)10-1)38-24-28-45(29-25-38)53(46-30-26-39(27-31-46)44-23-21-37-11-2-4-14-42(37)35-44)52-33-32-50(49-17-7-8-18-51(49)52)48-19-9-15-40-12-5-6-16-47(40)48/h1-35H. The van der Waals surface area contributed by atoms with Crippen molar-refractivity contribution in [2.75, 3.05) is 4.90 Å².